The summed E-state index contributed by atoms with van der Waals surface area (Å²) in [4.78, 5) is 35.7. The number of benzene rings is 1. The number of aryl methyl sites for hydroxylation is 1. The van der Waals surface area contributed by atoms with Crippen LogP contribution in [0.25, 0.3) is 0 Å². The van der Waals surface area contributed by atoms with Gasteiger partial charge in [-0.25, -0.2) is 0 Å². The third kappa shape index (κ3) is 5.00. The zero-order valence-corrected chi connectivity index (χ0v) is 17.3. The molecule has 1 aromatic carbocycles. The van der Waals surface area contributed by atoms with Crippen LogP contribution in [0, 0.1) is 6.92 Å². The van der Waals surface area contributed by atoms with Crippen LogP contribution in [0.5, 0.6) is 0 Å². The maximum Gasteiger partial charge on any atom is 0.257 e. The van der Waals surface area contributed by atoms with Gasteiger partial charge in [0.1, 0.15) is 0 Å². The number of hydrogen-bond acceptors (Lipinski definition) is 5. The minimum atomic E-state index is -0.279. The molecular formula is C23H25N5O2. The molecule has 0 aliphatic carbocycles. The maximum atomic E-state index is 12.7. The Kier molecular flexibility index (Phi) is 6.75. The highest BCUT2D eigenvalue weighted by atomic mass is 16.2. The number of carbonyl (C=O) groups is 2. The zero-order valence-electron chi connectivity index (χ0n) is 17.3. The predicted molar refractivity (Wildman–Crippen MR) is 119 cm³/mol. The molecule has 7 heteroatoms. The van der Waals surface area contributed by atoms with E-state index in [1.165, 1.54) is 6.20 Å². The molecule has 7 nitrogen and oxygen atoms in total. The lowest BCUT2D eigenvalue weighted by Gasteiger charge is -2.20. The monoisotopic (exact) mass is 403 g/mol. The standard InChI is InChI=1S/C23H25N5O2/c1-4-28(5-2)20-11-17(13-25-15-20)22(29)26-18-9-8-16(3)21(12-18)23(30)27-19-7-6-10-24-14-19/h6-15H,4-5H2,1-3H3,(H,26,29)(H,27,30). The molecule has 0 spiro atoms. The largest absolute Gasteiger partial charge is 0.371 e. The summed E-state index contributed by atoms with van der Waals surface area (Å²) < 4.78 is 0. The number of hydrogen-bond donors (Lipinski definition) is 2. The Morgan fingerprint density at radius 1 is 0.900 bits per heavy atom. The number of nitrogens with zero attached hydrogens (tertiary/aromatic N) is 3. The van der Waals surface area contributed by atoms with Crippen molar-refractivity contribution < 1.29 is 9.59 Å². The van der Waals surface area contributed by atoms with Gasteiger partial charge in [-0.2, -0.15) is 0 Å². The maximum absolute atomic E-state index is 12.7. The van der Waals surface area contributed by atoms with E-state index in [4.69, 9.17) is 0 Å². The van der Waals surface area contributed by atoms with Gasteiger partial charge in [-0.05, 0) is 56.7 Å². The Balaban J connectivity index is 1.77. The predicted octanol–water partition coefficient (Wildman–Crippen LogP) is 4.14. The number of aromatic nitrogens is 2. The number of rotatable bonds is 7. The van der Waals surface area contributed by atoms with Crippen molar-refractivity contribution in [2.45, 2.75) is 20.8 Å². The lowest BCUT2D eigenvalue weighted by atomic mass is 10.1. The summed E-state index contributed by atoms with van der Waals surface area (Å²) in [6.45, 7) is 7.62. The smallest absolute Gasteiger partial charge is 0.257 e. The van der Waals surface area contributed by atoms with Crippen LogP contribution in [0.2, 0.25) is 0 Å². The van der Waals surface area contributed by atoms with E-state index in [2.05, 4.69) is 39.3 Å². The first-order valence-corrected chi connectivity index (χ1v) is 9.85. The van der Waals surface area contributed by atoms with Crippen LogP contribution in [-0.2, 0) is 0 Å². The average molecular weight is 403 g/mol. The Labute approximate surface area is 176 Å². The number of amides is 2. The van der Waals surface area contributed by atoms with Crippen molar-refractivity contribution in [3.05, 3.63) is 77.9 Å². The zero-order chi connectivity index (χ0) is 21.5. The molecule has 0 saturated heterocycles. The molecule has 0 aliphatic rings. The lowest BCUT2D eigenvalue weighted by molar-refractivity contribution is 0.101. The number of pyridine rings is 2. The van der Waals surface area contributed by atoms with E-state index in [1.807, 2.05) is 13.0 Å². The van der Waals surface area contributed by atoms with Crippen molar-refractivity contribution in [3.63, 3.8) is 0 Å². The summed E-state index contributed by atoms with van der Waals surface area (Å²) in [6.07, 6.45) is 6.50. The molecule has 0 saturated carbocycles. The van der Waals surface area contributed by atoms with Gasteiger partial charge in [-0.15, -0.1) is 0 Å². The van der Waals surface area contributed by atoms with E-state index in [-0.39, 0.29) is 11.8 Å². The summed E-state index contributed by atoms with van der Waals surface area (Å²) >= 11 is 0. The molecular weight excluding hydrogens is 378 g/mol. The fraction of sp³-hybridized carbons (Fsp3) is 0.217. The summed E-state index contributed by atoms with van der Waals surface area (Å²) in [5.74, 6) is -0.541. The molecule has 2 heterocycles. The van der Waals surface area contributed by atoms with Gasteiger partial charge in [-0.3, -0.25) is 19.6 Å². The van der Waals surface area contributed by atoms with Gasteiger partial charge in [0.05, 0.1) is 29.3 Å². The fourth-order valence-electron chi connectivity index (χ4n) is 3.10. The van der Waals surface area contributed by atoms with Gasteiger partial charge >= 0.3 is 0 Å². The second-order valence-corrected chi connectivity index (χ2v) is 6.78. The second-order valence-electron chi connectivity index (χ2n) is 6.78. The fourth-order valence-corrected chi connectivity index (χ4v) is 3.10. The third-order valence-corrected chi connectivity index (χ3v) is 4.77. The highest BCUT2D eigenvalue weighted by Gasteiger charge is 2.14. The molecule has 30 heavy (non-hydrogen) atoms. The van der Waals surface area contributed by atoms with Gasteiger partial charge in [-0.1, -0.05) is 6.07 Å². The van der Waals surface area contributed by atoms with E-state index in [1.54, 1.807) is 48.9 Å². The molecule has 3 rings (SSSR count). The Hall–Kier alpha value is -3.74. The van der Waals surface area contributed by atoms with Crippen molar-refractivity contribution in [1.82, 2.24) is 9.97 Å². The summed E-state index contributed by atoms with van der Waals surface area (Å²) in [5.41, 5.74) is 3.78. The van der Waals surface area contributed by atoms with Gasteiger partial charge in [0.2, 0.25) is 0 Å². The molecule has 0 atom stereocenters. The van der Waals surface area contributed by atoms with Gasteiger partial charge < -0.3 is 15.5 Å². The normalized spacial score (nSPS) is 10.4. The van der Waals surface area contributed by atoms with Crippen molar-refractivity contribution in [3.8, 4) is 0 Å². The van der Waals surface area contributed by atoms with E-state index >= 15 is 0 Å². The topological polar surface area (TPSA) is 87.2 Å². The molecule has 0 bridgehead atoms. The van der Waals surface area contributed by atoms with Crippen molar-refractivity contribution in [2.75, 3.05) is 28.6 Å². The molecule has 0 radical (unpaired) electrons. The van der Waals surface area contributed by atoms with E-state index in [9.17, 15) is 9.59 Å². The van der Waals surface area contributed by atoms with E-state index in [0.717, 1.165) is 24.3 Å². The highest BCUT2D eigenvalue weighted by molar-refractivity contribution is 6.08. The van der Waals surface area contributed by atoms with Crippen molar-refractivity contribution >= 4 is 28.9 Å². The Bertz CT molecular complexity index is 1030. The van der Waals surface area contributed by atoms with Gasteiger partial charge in [0.25, 0.3) is 11.8 Å². The SMILES string of the molecule is CCN(CC)c1cncc(C(=O)Nc2ccc(C)c(C(=O)Nc3cccnc3)c2)c1. The first-order valence-electron chi connectivity index (χ1n) is 9.85. The van der Waals surface area contributed by atoms with Crippen LogP contribution in [0.4, 0.5) is 17.1 Å². The Morgan fingerprint density at radius 3 is 2.37 bits per heavy atom. The first-order chi connectivity index (χ1) is 14.5. The summed E-state index contributed by atoms with van der Waals surface area (Å²) in [5, 5.41) is 5.67. The van der Waals surface area contributed by atoms with Crippen LogP contribution < -0.4 is 15.5 Å². The van der Waals surface area contributed by atoms with Gasteiger partial charge in [0.15, 0.2) is 0 Å². The molecule has 0 fully saturated rings. The minimum Gasteiger partial charge on any atom is -0.371 e. The van der Waals surface area contributed by atoms with Crippen molar-refractivity contribution in [2.24, 2.45) is 0 Å². The number of anilines is 3. The molecule has 2 N–H and O–H groups in total. The summed E-state index contributed by atoms with van der Waals surface area (Å²) in [7, 11) is 0. The molecule has 2 aromatic heterocycles. The molecule has 0 unspecified atom stereocenters. The number of carbonyl (C=O) groups excluding carboxylic acids is 2. The lowest BCUT2D eigenvalue weighted by Crippen LogP contribution is -2.22. The van der Waals surface area contributed by atoms with Crippen LogP contribution >= 0.6 is 0 Å². The molecule has 154 valence electrons. The molecule has 3 aromatic rings. The van der Waals surface area contributed by atoms with Crippen LogP contribution in [0.1, 0.15) is 40.1 Å². The molecule has 2 amide bonds. The number of nitrogens with one attached hydrogen (secondary N) is 2. The van der Waals surface area contributed by atoms with Gasteiger partial charge in [0, 0.05) is 36.7 Å². The van der Waals surface area contributed by atoms with Crippen LogP contribution in [0.15, 0.2) is 61.2 Å². The highest BCUT2D eigenvalue weighted by Crippen LogP contribution is 2.19. The first kappa shape index (κ1) is 21.0. The molecule has 0 aliphatic heterocycles. The average Bonchev–Trinajstić information content (AvgIpc) is 2.77. The van der Waals surface area contributed by atoms with Crippen LogP contribution in [-0.4, -0.2) is 34.9 Å². The van der Waals surface area contributed by atoms with Crippen molar-refractivity contribution in [1.29, 1.82) is 0 Å². The van der Waals surface area contributed by atoms with E-state index in [0.29, 0.717) is 22.5 Å². The summed E-state index contributed by atoms with van der Waals surface area (Å²) in [6, 6.07) is 10.6. The van der Waals surface area contributed by atoms with Crippen LogP contribution in [0.3, 0.4) is 0 Å². The second kappa shape index (κ2) is 9.65. The third-order valence-electron chi connectivity index (χ3n) is 4.77. The minimum absolute atomic E-state index is 0.262. The van der Waals surface area contributed by atoms with E-state index < -0.39 is 0 Å². The quantitative estimate of drug-likeness (QED) is 0.619. The Morgan fingerprint density at radius 2 is 1.67 bits per heavy atom.